The summed E-state index contributed by atoms with van der Waals surface area (Å²) in [5, 5.41) is 0.788. The summed E-state index contributed by atoms with van der Waals surface area (Å²) < 4.78 is 0. The molecule has 1 aromatic carbocycles. The third-order valence-corrected chi connectivity index (χ3v) is 6.38. The summed E-state index contributed by atoms with van der Waals surface area (Å²) in [4.78, 5) is 19.8. The number of hydrogen-bond acceptors (Lipinski definition) is 2. The number of nitrogens with zero attached hydrogens (tertiary/aromatic N) is 2. The monoisotopic (exact) mass is 382 g/mol. The van der Waals surface area contributed by atoms with Gasteiger partial charge in [0.25, 0.3) is 0 Å². The lowest BCUT2D eigenvalue weighted by Gasteiger charge is -2.34. The third-order valence-electron chi connectivity index (χ3n) is 6.01. The molecule has 142 valence electrons. The van der Waals surface area contributed by atoms with Crippen LogP contribution < -0.4 is 0 Å². The second kappa shape index (κ2) is 8.43. The average molecular weight is 383 g/mol. The molecule has 0 spiro atoms. The number of benzene rings is 1. The van der Waals surface area contributed by atoms with Crippen LogP contribution in [0.25, 0.3) is 0 Å². The molecule has 1 atom stereocenters. The first-order chi connectivity index (χ1) is 13.2. The van der Waals surface area contributed by atoms with E-state index in [2.05, 4.69) is 29.2 Å². The Kier molecular flexibility index (Phi) is 5.77. The molecular weight excluding hydrogens is 356 g/mol. The summed E-state index contributed by atoms with van der Waals surface area (Å²) in [6.07, 6.45) is 7.48. The molecule has 1 saturated heterocycles. The molecule has 0 unspecified atom stereocenters. The van der Waals surface area contributed by atoms with Crippen molar-refractivity contribution in [1.82, 2.24) is 9.88 Å². The minimum absolute atomic E-state index is 0.267. The Labute approximate surface area is 166 Å². The Balaban J connectivity index is 1.46. The highest BCUT2D eigenvalue weighted by Crippen LogP contribution is 2.31. The largest absolute Gasteiger partial charge is 0.342 e. The van der Waals surface area contributed by atoms with Crippen molar-refractivity contribution in [1.29, 1.82) is 0 Å². The van der Waals surface area contributed by atoms with Crippen LogP contribution in [-0.4, -0.2) is 28.9 Å². The minimum Gasteiger partial charge on any atom is -0.342 e. The van der Waals surface area contributed by atoms with Crippen LogP contribution >= 0.6 is 11.6 Å². The second-order valence-corrected chi connectivity index (χ2v) is 8.33. The molecule has 4 rings (SSSR count). The van der Waals surface area contributed by atoms with Gasteiger partial charge in [-0.15, -0.1) is 0 Å². The maximum atomic E-state index is 12.8. The Morgan fingerprint density at radius 1 is 1.04 bits per heavy atom. The molecule has 3 nitrogen and oxygen atoms in total. The fourth-order valence-corrected chi connectivity index (χ4v) is 4.71. The zero-order valence-corrected chi connectivity index (χ0v) is 16.5. The van der Waals surface area contributed by atoms with Crippen LogP contribution in [0, 0.1) is 5.92 Å². The van der Waals surface area contributed by atoms with Crippen LogP contribution in [0.5, 0.6) is 0 Å². The van der Waals surface area contributed by atoms with Crippen LogP contribution in [0.15, 0.2) is 42.5 Å². The maximum Gasteiger partial charge on any atom is 0.225 e. The van der Waals surface area contributed by atoms with E-state index in [-0.39, 0.29) is 5.92 Å². The maximum absolute atomic E-state index is 12.8. The summed E-state index contributed by atoms with van der Waals surface area (Å²) >= 11 is 6.31. The minimum atomic E-state index is 0.267. The quantitative estimate of drug-likeness (QED) is 0.726. The smallest absolute Gasteiger partial charge is 0.225 e. The molecule has 1 amide bonds. The van der Waals surface area contributed by atoms with E-state index in [0.29, 0.717) is 11.8 Å². The highest BCUT2D eigenvalue weighted by Gasteiger charge is 2.31. The molecule has 1 aliphatic carbocycles. The molecule has 0 bridgehead atoms. The van der Waals surface area contributed by atoms with E-state index in [1.54, 1.807) is 0 Å². The van der Waals surface area contributed by atoms with Crippen LogP contribution in [0.2, 0.25) is 5.02 Å². The first-order valence-electron chi connectivity index (χ1n) is 10.2. The number of piperidine rings is 1. The molecule has 27 heavy (non-hydrogen) atoms. The van der Waals surface area contributed by atoms with E-state index in [0.717, 1.165) is 67.2 Å². The summed E-state index contributed by atoms with van der Waals surface area (Å²) in [6, 6.07) is 14.2. The second-order valence-electron chi connectivity index (χ2n) is 7.93. The highest BCUT2D eigenvalue weighted by molar-refractivity contribution is 6.31. The van der Waals surface area contributed by atoms with Gasteiger partial charge in [0.05, 0.1) is 0 Å². The van der Waals surface area contributed by atoms with Crippen LogP contribution in [-0.2, 0) is 11.2 Å². The van der Waals surface area contributed by atoms with Gasteiger partial charge in [0.2, 0.25) is 5.91 Å². The Morgan fingerprint density at radius 2 is 1.85 bits per heavy atom. The standard InChI is InChI=1S/C23H27ClN2O/c24-21-12-4-3-9-18(21)15-20-11-5-13-22(25-20)19-10-6-14-26(16-19)23(27)17-7-1-2-8-17/h3-5,9,11-13,17,19H,1-2,6-8,10,14-16H2/t19-/m0/s1. The van der Waals surface area contributed by atoms with E-state index >= 15 is 0 Å². The number of amides is 1. The van der Waals surface area contributed by atoms with Crippen molar-refractivity contribution in [3.05, 3.63) is 64.4 Å². The van der Waals surface area contributed by atoms with Gasteiger partial charge >= 0.3 is 0 Å². The highest BCUT2D eigenvalue weighted by atomic mass is 35.5. The average Bonchev–Trinajstić information content (AvgIpc) is 3.24. The number of aromatic nitrogens is 1. The first kappa shape index (κ1) is 18.5. The third kappa shape index (κ3) is 4.35. The molecule has 0 radical (unpaired) electrons. The van der Waals surface area contributed by atoms with Crippen molar-refractivity contribution in [3.8, 4) is 0 Å². The summed E-state index contributed by atoms with van der Waals surface area (Å²) in [5.74, 6) is 0.989. The Bertz CT molecular complexity index is 800. The molecule has 0 N–H and O–H groups in total. The lowest BCUT2D eigenvalue weighted by Crippen LogP contribution is -2.42. The molecule has 2 fully saturated rings. The lowest BCUT2D eigenvalue weighted by molar-refractivity contribution is -0.136. The number of likely N-dealkylation sites (tertiary alicyclic amines) is 1. The molecular formula is C23H27ClN2O. The topological polar surface area (TPSA) is 33.2 Å². The van der Waals surface area contributed by atoms with Gasteiger partial charge in [0, 0.05) is 47.8 Å². The van der Waals surface area contributed by atoms with Gasteiger partial charge in [-0.3, -0.25) is 9.78 Å². The molecule has 1 saturated carbocycles. The number of carbonyl (C=O) groups excluding carboxylic acids is 1. The predicted molar refractivity (Wildman–Crippen MR) is 109 cm³/mol. The van der Waals surface area contributed by atoms with E-state index in [9.17, 15) is 4.79 Å². The number of hydrogen-bond donors (Lipinski definition) is 0. The zero-order chi connectivity index (χ0) is 18.6. The van der Waals surface area contributed by atoms with Crippen molar-refractivity contribution in [2.75, 3.05) is 13.1 Å². The van der Waals surface area contributed by atoms with Crippen molar-refractivity contribution in [2.45, 2.75) is 50.9 Å². The van der Waals surface area contributed by atoms with Crippen molar-refractivity contribution in [2.24, 2.45) is 5.92 Å². The van der Waals surface area contributed by atoms with E-state index in [1.807, 2.05) is 18.2 Å². The molecule has 1 aromatic heterocycles. The molecule has 2 heterocycles. The van der Waals surface area contributed by atoms with Gasteiger partial charge in [-0.25, -0.2) is 0 Å². The van der Waals surface area contributed by atoms with E-state index < -0.39 is 0 Å². The fraction of sp³-hybridized carbons (Fsp3) is 0.478. The van der Waals surface area contributed by atoms with E-state index in [4.69, 9.17) is 16.6 Å². The predicted octanol–water partition coefficient (Wildman–Crippen LogP) is 5.22. The van der Waals surface area contributed by atoms with Gasteiger partial charge in [0.15, 0.2) is 0 Å². The first-order valence-corrected chi connectivity index (χ1v) is 10.6. The number of carbonyl (C=O) groups is 1. The molecule has 2 aliphatic rings. The lowest BCUT2D eigenvalue weighted by atomic mass is 9.92. The SMILES string of the molecule is O=C(C1CCCC1)N1CCC[C@H](c2cccc(Cc3ccccc3Cl)n2)C1. The normalized spacial score (nSPS) is 20.8. The summed E-state index contributed by atoms with van der Waals surface area (Å²) in [5.41, 5.74) is 3.26. The molecule has 4 heteroatoms. The van der Waals surface area contributed by atoms with Crippen molar-refractivity contribution >= 4 is 17.5 Å². The van der Waals surface area contributed by atoms with Gasteiger partial charge in [-0.05, 0) is 49.4 Å². The zero-order valence-electron chi connectivity index (χ0n) is 15.7. The number of pyridine rings is 1. The Hall–Kier alpha value is -1.87. The molecule has 2 aromatic rings. The fourth-order valence-electron chi connectivity index (χ4n) is 4.51. The molecule has 1 aliphatic heterocycles. The van der Waals surface area contributed by atoms with Crippen molar-refractivity contribution < 1.29 is 4.79 Å². The Morgan fingerprint density at radius 3 is 2.67 bits per heavy atom. The number of halogens is 1. The summed E-state index contributed by atoms with van der Waals surface area (Å²) in [6.45, 7) is 1.73. The van der Waals surface area contributed by atoms with Gasteiger partial charge in [-0.1, -0.05) is 48.7 Å². The van der Waals surface area contributed by atoms with Gasteiger partial charge in [0.1, 0.15) is 0 Å². The van der Waals surface area contributed by atoms with Crippen LogP contribution in [0.1, 0.15) is 61.4 Å². The van der Waals surface area contributed by atoms with Crippen LogP contribution in [0.3, 0.4) is 0 Å². The number of rotatable bonds is 4. The van der Waals surface area contributed by atoms with Crippen molar-refractivity contribution in [3.63, 3.8) is 0 Å². The van der Waals surface area contributed by atoms with Gasteiger partial charge in [-0.2, -0.15) is 0 Å². The van der Waals surface area contributed by atoms with E-state index in [1.165, 1.54) is 12.8 Å². The van der Waals surface area contributed by atoms with Crippen LogP contribution in [0.4, 0.5) is 0 Å². The van der Waals surface area contributed by atoms with Gasteiger partial charge < -0.3 is 4.90 Å². The summed E-state index contributed by atoms with van der Waals surface area (Å²) in [7, 11) is 0.